The van der Waals surface area contributed by atoms with E-state index in [1.54, 1.807) is 6.07 Å². The molecule has 0 atom stereocenters. The Morgan fingerprint density at radius 1 is 1.10 bits per heavy atom. The van der Waals surface area contributed by atoms with E-state index in [2.05, 4.69) is 0 Å². The van der Waals surface area contributed by atoms with Gasteiger partial charge in [-0.1, -0.05) is 23.7 Å². The molecule has 0 amide bonds. The molecule has 20 heavy (non-hydrogen) atoms. The van der Waals surface area contributed by atoms with Crippen molar-refractivity contribution in [2.45, 2.75) is 12.8 Å². The summed E-state index contributed by atoms with van der Waals surface area (Å²) in [7, 11) is 0. The Bertz CT molecular complexity index is 612. The largest absolute Gasteiger partial charge is 0.506 e. The Labute approximate surface area is 118 Å². The van der Waals surface area contributed by atoms with Crippen molar-refractivity contribution in [1.82, 2.24) is 0 Å². The highest BCUT2D eigenvalue weighted by Gasteiger charge is 2.30. The molecule has 0 aromatic heterocycles. The average Bonchev–Trinajstić information content (AvgIpc) is 2.39. The summed E-state index contributed by atoms with van der Waals surface area (Å²) in [5, 5.41) is 9.61. The van der Waals surface area contributed by atoms with Gasteiger partial charge < -0.3 is 9.84 Å². The van der Waals surface area contributed by atoms with Crippen LogP contribution in [0.15, 0.2) is 42.5 Å². The van der Waals surface area contributed by atoms with Crippen molar-refractivity contribution in [3.05, 3.63) is 58.6 Å². The summed E-state index contributed by atoms with van der Waals surface area (Å²) in [5.41, 5.74) is -0.168. The number of phenolic OH excluding ortho intramolecular Hbond substituents is 1. The van der Waals surface area contributed by atoms with Gasteiger partial charge in [-0.15, -0.1) is 0 Å². The molecule has 0 unspecified atom stereocenters. The molecule has 6 heteroatoms. The van der Waals surface area contributed by atoms with Crippen molar-refractivity contribution in [3.8, 4) is 11.5 Å². The van der Waals surface area contributed by atoms with Crippen molar-refractivity contribution in [3.63, 3.8) is 0 Å². The molecule has 1 N–H and O–H groups in total. The van der Waals surface area contributed by atoms with Gasteiger partial charge in [0.15, 0.2) is 0 Å². The van der Waals surface area contributed by atoms with E-state index < -0.39 is 11.7 Å². The van der Waals surface area contributed by atoms with Crippen LogP contribution in [0.4, 0.5) is 13.2 Å². The second kappa shape index (κ2) is 5.63. The molecular weight excluding hydrogens is 293 g/mol. The van der Waals surface area contributed by atoms with Crippen LogP contribution < -0.4 is 4.74 Å². The number of hydrogen-bond acceptors (Lipinski definition) is 2. The minimum absolute atomic E-state index is 0.0338. The summed E-state index contributed by atoms with van der Waals surface area (Å²) in [6.07, 6.45) is -4.40. The van der Waals surface area contributed by atoms with E-state index in [1.807, 2.05) is 0 Å². The number of ether oxygens (including phenoxy) is 1. The maximum absolute atomic E-state index is 12.5. The van der Waals surface area contributed by atoms with E-state index in [9.17, 15) is 18.3 Å². The SMILES string of the molecule is Oc1cc(COc2cccc(C(F)(F)F)c2)ccc1Cl. The van der Waals surface area contributed by atoms with Crippen molar-refractivity contribution in [2.24, 2.45) is 0 Å². The van der Waals surface area contributed by atoms with E-state index in [0.717, 1.165) is 12.1 Å². The van der Waals surface area contributed by atoms with Crippen LogP contribution in [0.2, 0.25) is 5.02 Å². The Balaban J connectivity index is 2.09. The van der Waals surface area contributed by atoms with E-state index in [4.69, 9.17) is 16.3 Å². The summed E-state index contributed by atoms with van der Waals surface area (Å²) in [6.45, 7) is 0.0338. The molecule has 0 heterocycles. The number of rotatable bonds is 3. The first-order valence-electron chi connectivity index (χ1n) is 5.64. The second-order valence-corrected chi connectivity index (χ2v) is 4.51. The van der Waals surface area contributed by atoms with Crippen LogP contribution >= 0.6 is 11.6 Å². The molecule has 106 valence electrons. The van der Waals surface area contributed by atoms with Crippen LogP contribution in [0, 0.1) is 0 Å². The summed E-state index contributed by atoms with van der Waals surface area (Å²) < 4.78 is 42.8. The maximum Gasteiger partial charge on any atom is 0.416 e. The lowest BCUT2D eigenvalue weighted by atomic mass is 10.2. The van der Waals surface area contributed by atoms with Crippen molar-refractivity contribution in [1.29, 1.82) is 0 Å². The average molecular weight is 303 g/mol. The number of halogens is 4. The third-order valence-corrected chi connectivity index (χ3v) is 2.90. The predicted octanol–water partition coefficient (Wildman–Crippen LogP) is 4.64. The fourth-order valence-electron chi connectivity index (χ4n) is 1.58. The molecule has 0 saturated carbocycles. The predicted molar refractivity (Wildman–Crippen MR) is 68.9 cm³/mol. The minimum atomic E-state index is -4.40. The molecule has 0 radical (unpaired) electrons. The van der Waals surface area contributed by atoms with Gasteiger partial charge in [-0.25, -0.2) is 0 Å². The first-order valence-corrected chi connectivity index (χ1v) is 6.01. The molecule has 0 saturated heterocycles. The van der Waals surface area contributed by atoms with Gasteiger partial charge in [0.1, 0.15) is 18.1 Å². The van der Waals surface area contributed by atoms with E-state index in [-0.39, 0.29) is 23.1 Å². The normalized spacial score (nSPS) is 11.4. The summed E-state index contributed by atoms with van der Waals surface area (Å²) in [5.74, 6) is 0.00562. The maximum atomic E-state index is 12.5. The second-order valence-electron chi connectivity index (χ2n) is 4.10. The van der Waals surface area contributed by atoms with Crippen LogP contribution in [0.1, 0.15) is 11.1 Å². The van der Waals surface area contributed by atoms with Gasteiger partial charge in [-0.2, -0.15) is 13.2 Å². The third kappa shape index (κ3) is 3.57. The first-order chi connectivity index (χ1) is 9.36. The van der Waals surface area contributed by atoms with Gasteiger partial charge in [0.05, 0.1) is 10.6 Å². The van der Waals surface area contributed by atoms with Gasteiger partial charge in [0.2, 0.25) is 0 Å². The first kappa shape index (κ1) is 14.5. The fraction of sp³-hybridized carbons (Fsp3) is 0.143. The topological polar surface area (TPSA) is 29.5 Å². The fourth-order valence-corrected chi connectivity index (χ4v) is 1.69. The van der Waals surface area contributed by atoms with E-state index in [0.29, 0.717) is 5.56 Å². The highest BCUT2D eigenvalue weighted by molar-refractivity contribution is 6.31. The zero-order chi connectivity index (χ0) is 14.8. The number of phenols is 1. The lowest BCUT2D eigenvalue weighted by molar-refractivity contribution is -0.137. The number of hydrogen-bond donors (Lipinski definition) is 1. The highest BCUT2D eigenvalue weighted by atomic mass is 35.5. The van der Waals surface area contributed by atoms with Crippen LogP contribution in [-0.4, -0.2) is 5.11 Å². The van der Waals surface area contributed by atoms with Gasteiger partial charge in [-0.05, 0) is 35.9 Å². The standard InChI is InChI=1S/C14H10ClF3O2/c15-12-5-4-9(6-13(12)19)8-20-11-3-1-2-10(7-11)14(16,17)18/h1-7,19H,8H2. The van der Waals surface area contributed by atoms with Crippen LogP contribution in [0.3, 0.4) is 0 Å². The Hall–Kier alpha value is -1.88. The van der Waals surface area contributed by atoms with Gasteiger partial charge in [-0.3, -0.25) is 0 Å². The summed E-state index contributed by atoms with van der Waals surface area (Å²) in [6, 6.07) is 9.12. The van der Waals surface area contributed by atoms with Gasteiger partial charge >= 0.3 is 6.18 Å². The molecule has 0 aliphatic rings. The van der Waals surface area contributed by atoms with Crippen LogP contribution in [0.5, 0.6) is 11.5 Å². The molecule has 2 aromatic carbocycles. The molecule has 2 aromatic rings. The number of benzene rings is 2. The molecule has 0 aliphatic heterocycles. The minimum Gasteiger partial charge on any atom is -0.506 e. The van der Waals surface area contributed by atoms with Gasteiger partial charge in [0, 0.05) is 0 Å². The molecule has 0 aliphatic carbocycles. The Kier molecular flexibility index (Phi) is 4.09. The lowest BCUT2D eigenvalue weighted by Gasteiger charge is -2.10. The molecule has 2 nitrogen and oxygen atoms in total. The Morgan fingerprint density at radius 2 is 1.85 bits per heavy atom. The molecule has 0 bridgehead atoms. The molecular formula is C14H10ClF3O2. The zero-order valence-electron chi connectivity index (χ0n) is 10.1. The quantitative estimate of drug-likeness (QED) is 0.894. The zero-order valence-corrected chi connectivity index (χ0v) is 10.9. The highest BCUT2D eigenvalue weighted by Crippen LogP contribution is 2.31. The summed E-state index contributed by atoms with van der Waals surface area (Å²) >= 11 is 5.65. The van der Waals surface area contributed by atoms with Crippen molar-refractivity contribution < 1.29 is 23.0 Å². The van der Waals surface area contributed by atoms with E-state index >= 15 is 0 Å². The third-order valence-electron chi connectivity index (χ3n) is 2.58. The monoisotopic (exact) mass is 302 g/mol. The van der Waals surface area contributed by atoms with Crippen molar-refractivity contribution in [2.75, 3.05) is 0 Å². The molecule has 0 spiro atoms. The lowest BCUT2D eigenvalue weighted by Crippen LogP contribution is -2.05. The van der Waals surface area contributed by atoms with Gasteiger partial charge in [0.25, 0.3) is 0 Å². The molecule has 2 rings (SSSR count). The Morgan fingerprint density at radius 3 is 2.50 bits per heavy atom. The molecule has 0 fully saturated rings. The number of aromatic hydroxyl groups is 1. The summed E-state index contributed by atoms with van der Waals surface area (Å²) in [4.78, 5) is 0. The smallest absolute Gasteiger partial charge is 0.416 e. The van der Waals surface area contributed by atoms with Crippen molar-refractivity contribution >= 4 is 11.6 Å². The van der Waals surface area contributed by atoms with Crippen LogP contribution in [-0.2, 0) is 12.8 Å². The van der Waals surface area contributed by atoms with Crippen LogP contribution in [0.25, 0.3) is 0 Å². The van der Waals surface area contributed by atoms with E-state index in [1.165, 1.54) is 24.3 Å². The number of alkyl halides is 3.